The van der Waals surface area contributed by atoms with E-state index in [-0.39, 0.29) is 18.5 Å². The molecule has 5 nitrogen and oxygen atoms in total. The molecule has 2 saturated carbocycles. The Morgan fingerprint density at radius 1 is 1.20 bits per heavy atom. The van der Waals surface area contributed by atoms with Crippen molar-refractivity contribution >= 4 is 11.9 Å². The van der Waals surface area contributed by atoms with Crippen molar-refractivity contribution in [1.29, 1.82) is 0 Å². The lowest BCUT2D eigenvalue weighted by Crippen LogP contribution is -2.31. The maximum absolute atomic E-state index is 11.9. The second-order valence-electron chi connectivity index (χ2n) is 7.21. The van der Waals surface area contributed by atoms with Crippen molar-refractivity contribution in [2.75, 3.05) is 20.3 Å². The third-order valence-electron chi connectivity index (χ3n) is 5.59. The monoisotopic (exact) mass is 345 g/mol. The predicted octanol–water partition coefficient (Wildman–Crippen LogP) is 2.72. The summed E-state index contributed by atoms with van der Waals surface area (Å²) < 4.78 is 10.4. The van der Waals surface area contributed by atoms with E-state index in [9.17, 15) is 9.59 Å². The van der Waals surface area contributed by atoms with Gasteiger partial charge in [0.25, 0.3) is 5.91 Å². The van der Waals surface area contributed by atoms with Crippen LogP contribution in [0, 0.1) is 17.8 Å². The minimum absolute atomic E-state index is 0.189. The first-order valence-corrected chi connectivity index (χ1v) is 9.20. The van der Waals surface area contributed by atoms with E-state index < -0.39 is 0 Å². The zero-order chi connectivity index (χ0) is 17.6. The van der Waals surface area contributed by atoms with Gasteiger partial charge in [-0.2, -0.15) is 0 Å². The van der Waals surface area contributed by atoms with Gasteiger partial charge in [-0.05, 0) is 55.1 Å². The van der Waals surface area contributed by atoms with Crippen LogP contribution in [0.2, 0.25) is 0 Å². The molecule has 2 aliphatic rings. The molecular formula is C20H27NO4. The molecule has 1 N–H and O–H groups in total. The molecule has 136 valence electrons. The molecule has 2 fully saturated rings. The lowest BCUT2D eigenvalue weighted by molar-refractivity contribution is -0.149. The molecular weight excluding hydrogens is 318 g/mol. The third kappa shape index (κ3) is 4.74. The number of methoxy groups -OCH3 is 1. The predicted molar refractivity (Wildman–Crippen MR) is 94.2 cm³/mol. The number of ether oxygens (including phenoxy) is 2. The van der Waals surface area contributed by atoms with E-state index in [0.717, 1.165) is 23.7 Å². The summed E-state index contributed by atoms with van der Waals surface area (Å²) in [4.78, 5) is 23.8. The molecule has 25 heavy (non-hydrogen) atoms. The number of carbonyl (C=O) groups excluding carboxylic acids is 2. The number of carbonyl (C=O) groups is 2. The smallest absolute Gasteiger partial charge is 0.306 e. The first kappa shape index (κ1) is 17.8. The maximum Gasteiger partial charge on any atom is 0.306 e. The van der Waals surface area contributed by atoms with Gasteiger partial charge in [0.15, 0.2) is 6.61 Å². The van der Waals surface area contributed by atoms with Crippen molar-refractivity contribution in [1.82, 2.24) is 5.32 Å². The van der Waals surface area contributed by atoms with Crippen LogP contribution in [0.4, 0.5) is 0 Å². The Morgan fingerprint density at radius 3 is 2.76 bits per heavy atom. The van der Waals surface area contributed by atoms with Crippen LogP contribution in [0.25, 0.3) is 0 Å². The summed E-state index contributed by atoms with van der Waals surface area (Å²) in [6.07, 6.45) is 6.16. The number of rotatable bonds is 8. The van der Waals surface area contributed by atoms with Gasteiger partial charge in [-0.3, -0.25) is 9.59 Å². The van der Waals surface area contributed by atoms with Gasteiger partial charge in [0.2, 0.25) is 0 Å². The Hall–Kier alpha value is -2.04. The van der Waals surface area contributed by atoms with Gasteiger partial charge in [0.05, 0.1) is 7.11 Å². The lowest BCUT2D eigenvalue weighted by Gasteiger charge is -2.20. The average molecular weight is 345 g/mol. The summed E-state index contributed by atoms with van der Waals surface area (Å²) in [6.45, 7) is 0.300. The Balaban J connectivity index is 1.32. The largest absolute Gasteiger partial charge is 0.496 e. The van der Waals surface area contributed by atoms with Crippen molar-refractivity contribution < 1.29 is 19.1 Å². The summed E-state index contributed by atoms with van der Waals surface area (Å²) in [7, 11) is 1.63. The minimum Gasteiger partial charge on any atom is -0.496 e. The highest BCUT2D eigenvalue weighted by atomic mass is 16.5. The Labute approximate surface area is 149 Å². The molecule has 5 heteroatoms. The normalized spacial score (nSPS) is 24.1. The lowest BCUT2D eigenvalue weighted by atomic mass is 9.86. The van der Waals surface area contributed by atoms with Crippen LogP contribution in [-0.2, 0) is 20.7 Å². The highest BCUT2D eigenvalue weighted by Gasteiger charge is 2.40. The number of hydrogen-bond donors (Lipinski definition) is 1. The maximum atomic E-state index is 11.9. The van der Waals surface area contributed by atoms with E-state index in [1.165, 1.54) is 19.3 Å². The average Bonchev–Trinajstić information content (AvgIpc) is 3.23. The number of fused-ring (bicyclic) bond motifs is 2. The molecule has 2 bridgehead atoms. The van der Waals surface area contributed by atoms with Gasteiger partial charge in [-0.1, -0.05) is 24.6 Å². The van der Waals surface area contributed by atoms with E-state index >= 15 is 0 Å². The first-order valence-electron chi connectivity index (χ1n) is 9.20. The zero-order valence-corrected chi connectivity index (χ0v) is 14.8. The summed E-state index contributed by atoms with van der Waals surface area (Å²) in [5.74, 6) is 2.32. The summed E-state index contributed by atoms with van der Waals surface area (Å²) in [6, 6.07) is 7.72. The van der Waals surface area contributed by atoms with Crippen LogP contribution in [0.15, 0.2) is 24.3 Å². The van der Waals surface area contributed by atoms with Crippen molar-refractivity contribution in [2.24, 2.45) is 17.8 Å². The van der Waals surface area contributed by atoms with Crippen molar-refractivity contribution in [3.63, 3.8) is 0 Å². The van der Waals surface area contributed by atoms with E-state index in [0.29, 0.717) is 31.2 Å². The number of para-hydroxylation sites is 1. The minimum atomic E-state index is -0.254. The highest BCUT2D eigenvalue weighted by molar-refractivity contribution is 5.80. The molecule has 0 unspecified atom stereocenters. The molecule has 1 aromatic carbocycles. The summed E-state index contributed by atoms with van der Waals surface area (Å²) >= 11 is 0. The Bertz CT molecular complexity index is 615. The molecule has 3 atom stereocenters. The van der Waals surface area contributed by atoms with Crippen molar-refractivity contribution in [3.05, 3.63) is 29.8 Å². The Morgan fingerprint density at radius 2 is 2.04 bits per heavy atom. The Kier molecular flexibility index (Phi) is 5.95. The standard InChI is InChI=1S/C20H27NO4/c1-24-18-5-3-2-4-15(18)8-9-21-19(22)13-25-20(23)12-17-11-14-6-7-16(17)10-14/h2-5,14,16-17H,6-13H2,1H3,(H,21,22)/t14-,16-,17-/m1/s1. The van der Waals surface area contributed by atoms with E-state index in [2.05, 4.69) is 5.32 Å². The van der Waals surface area contributed by atoms with Gasteiger partial charge in [0, 0.05) is 13.0 Å². The summed E-state index contributed by atoms with van der Waals surface area (Å²) in [5, 5.41) is 2.79. The molecule has 0 aromatic heterocycles. The molecule has 2 aliphatic carbocycles. The number of hydrogen-bond acceptors (Lipinski definition) is 4. The van der Waals surface area contributed by atoms with Crippen LogP contribution >= 0.6 is 0 Å². The van der Waals surface area contributed by atoms with E-state index in [1.807, 2.05) is 24.3 Å². The molecule has 0 heterocycles. The van der Waals surface area contributed by atoms with Gasteiger partial charge in [0.1, 0.15) is 5.75 Å². The van der Waals surface area contributed by atoms with Crippen molar-refractivity contribution in [3.8, 4) is 5.75 Å². The molecule has 1 aromatic rings. The van der Waals surface area contributed by atoms with Gasteiger partial charge >= 0.3 is 5.97 Å². The second-order valence-corrected chi connectivity index (χ2v) is 7.21. The molecule has 0 radical (unpaired) electrons. The van der Waals surface area contributed by atoms with Gasteiger partial charge < -0.3 is 14.8 Å². The topological polar surface area (TPSA) is 64.6 Å². The summed E-state index contributed by atoms with van der Waals surface area (Å²) in [5.41, 5.74) is 1.04. The SMILES string of the molecule is COc1ccccc1CCNC(=O)COC(=O)C[C@H]1C[C@@H]2CC[C@@H]1C2. The highest BCUT2D eigenvalue weighted by Crippen LogP contribution is 2.49. The van der Waals surface area contributed by atoms with Crippen LogP contribution in [0.3, 0.4) is 0 Å². The molecule has 0 aliphatic heterocycles. The van der Waals surface area contributed by atoms with Gasteiger partial charge in [-0.15, -0.1) is 0 Å². The van der Waals surface area contributed by atoms with Crippen LogP contribution in [-0.4, -0.2) is 32.1 Å². The zero-order valence-electron chi connectivity index (χ0n) is 14.8. The number of benzene rings is 1. The molecule has 1 amide bonds. The van der Waals surface area contributed by atoms with Crippen LogP contribution in [0.1, 0.15) is 37.7 Å². The number of esters is 1. The van der Waals surface area contributed by atoms with Crippen LogP contribution < -0.4 is 10.1 Å². The fourth-order valence-electron chi connectivity index (χ4n) is 4.34. The number of nitrogens with one attached hydrogen (secondary N) is 1. The van der Waals surface area contributed by atoms with E-state index in [1.54, 1.807) is 7.11 Å². The van der Waals surface area contributed by atoms with E-state index in [4.69, 9.17) is 9.47 Å². The number of amides is 1. The fraction of sp³-hybridized carbons (Fsp3) is 0.600. The second kappa shape index (κ2) is 8.37. The quantitative estimate of drug-likeness (QED) is 0.736. The van der Waals surface area contributed by atoms with Crippen LogP contribution in [0.5, 0.6) is 5.75 Å². The first-order chi connectivity index (χ1) is 12.2. The molecule has 0 saturated heterocycles. The third-order valence-corrected chi connectivity index (χ3v) is 5.59. The van der Waals surface area contributed by atoms with Crippen molar-refractivity contribution in [2.45, 2.75) is 38.5 Å². The van der Waals surface area contributed by atoms with Gasteiger partial charge in [-0.25, -0.2) is 0 Å². The molecule has 0 spiro atoms. The molecule has 3 rings (SSSR count). The fourth-order valence-corrected chi connectivity index (χ4v) is 4.34.